The molecule has 19 nitrogen and oxygen atoms in total. The van der Waals surface area contributed by atoms with Crippen LogP contribution in [-0.4, -0.2) is 201 Å². The van der Waals surface area contributed by atoms with E-state index in [0.717, 1.165) is 24.2 Å². The first-order chi connectivity index (χ1) is 26.6. The zero-order chi connectivity index (χ0) is 40.8. The summed E-state index contributed by atoms with van der Waals surface area (Å²) in [6.45, 7) is -0.240. The molecule has 20 heteroatoms. The highest BCUT2D eigenvalue weighted by atomic mass is 32.2. The number of urea groups is 1. The fraction of sp³-hybridized carbons (Fsp3) is 0.639. The van der Waals surface area contributed by atoms with Gasteiger partial charge in [0.2, 0.25) is 11.8 Å². The quantitative estimate of drug-likeness (QED) is 0.0714. The summed E-state index contributed by atoms with van der Waals surface area (Å²) < 4.78 is 0. The molecule has 4 amide bonds. The van der Waals surface area contributed by atoms with E-state index < -0.39 is 29.9 Å². The van der Waals surface area contributed by atoms with Crippen molar-refractivity contribution in [1.29, 1.82) is 0 Å². The summed E-state index contributed by atoms with van der Waals surface area (Å²) in [7, 11) is 1.58. The number of benzene rings is 1. The van der Waals surface area contributed by atoms with Gasteiger partial charge in [-0.3, -0.25) is 48.4 Å². The average Bonchev–Trinajstić information content (AvgIpc) is 3.67. The molecule has 3 fully saturated rings. The molecule has 3 aliphatic rings. The Morgan fingerprint density at radius 3 is 1.96 bits per heavy atom. The van der Waals surface area contributed by atoms with E-state index in [9.17, 15) is 54.0 Å². The monoisotopic (exact) mass is 806 g/mol. The van der Waals surface area contributed by atoms with Gasteiger partial charge in [0.05, 0.1) is 44.8 Å². The minimum Gasteiger partial charge on any atom is -0.480 e. The summed E-state index contributed by atoms with van der Waals surface area (Å²) >= 11 is 1.83. The molecule has 1 aromatic carbocycles. The van der Waals surface area contributed by atoms with Crippen molar-refractivity contribution >= 4 is 59.2 Å². The Labute approximate surface area is 329 Å². The normalized spacial score (nSPS) is 22.8. The molecule has 0 spiro atoms. The average molecular weight is 807 g/mol. The van der Waals surface area contributed by atoms with Crippen LogP contribution >= 0.6 is 11.8 Å². The van der Waals surface area contributed by atoms with Gasteiger partial charge in [-0.05, 0) is 37.0 Å². The van der Waals surface area contributed by atoms with Crippen LogP contribution in [0.25, 0.3) is 0 Å². The van der Waals surface area contributed by atoms with E-state index >= 15 is 0 Å². The van der Waals surface area contributed by atoms with Crippen LogP contribution in [0, 0.1) is 0 Å². The van der Waals surface area contributed by atoms with Crippen LogP contribution in [0.2, 0.25) is 0 Å². The van der Waals surface area contributed by atoms with E-state index in [1.54, 1.807) is 50.9 Å². The molecular formula is C36H54N8O11S. The first kappa shape index (κ1) is 44.2. The maximum absolute atomic E-state index is 12.9. The summed E-state index contributed by atoms with van der Waals surface area (Å²) in [6, 6.07) is 6.53. The molecule has 4 unspecified atom stereocenters. The number of carboxylic acid groups (broad SMARTS) is 4. The van der Waals surface area contributed by atoms with E-state index in [1.165, 1.54) is 4.90 Å². The van der Waals surface area contributed by atoms with E-state index in [4.69, 9.17) is 0 Å². The van der Waals surface area contributed by atoms with Crippen LogP contribution < -0.4 is 16.0 Å². The predicted molar refractivity (Wildman–Crippen MR) is 206 cm³/mol. The summed E-state index contributed by atoms with van der Waals surface area (Å²) in [5.74, 6) is -4.01. The second-order valence-corrected chi connectivity index (χ2v) is 15.8. The molecular weight excluding hydrogens is 753 g/mol. The number of amides is 4. The van der Waals surface area contributed by atoms with Crippen molar-refractivity contribution in [3.8, 4) is 0 Å². The molecule has 4 rings (SSSR count). The van der Waals surface area contributed by atoms with Gasteiger partial charge in [0, 0.05) is 82.0 Å². The van der Waals surface area contributed by atoms with Crippen LogP contribution in [0.4, 0.5) is 10.5 Å². The lowest BCUT2D eigenvalue weighted by Gasteiger charge is -2.37. The summed E-state index contributed by atoms with van der Waals surface area (Å²) in [4.78, 5) is 92.3. The number of rotatable bonds is 18. The van der Waals surface area contributed by atoms with Gasteiger partial charge in [-0.15, -0.1) is 0 Å². The molecule has 0 aromatic heterocycles. The van der Waals surface area contributed by atoms with E-state index in [-0.39, 0.29) is 108 Å². The number of nitrogens with zero attached hydrogens (tertiary/aromatic N) is 5. The Bertz CT molecular complexity index is 1550. The number of unbranched alkanes of at least 4 members (excludes halogenated alkanes) is 1. The summed E-state index contributed by atoms with van der Waals surface area (Å²) in [6.07, 6.45) is 2.98. The van der Waals surface area contributed by atoms with Crippen molar-refractivity contribution in [2.45, 2.75) is 55.5 Å². The molecule has 0 radical (unpaired) electrons. The van der Waals surface area contributed by atoms with E-state index in [0.29, 0.717) is 30.2 Å². The Morgan fingerprint density at radius 2 is 1.36 bits per heavy atom. The highest BCUT2D eigenvalue weighted by Crippen LogP contribution is 2.33. The third-order valence-electron chi connectivity index (χ3n) is 10.2. The first-order valence-electron chi connectivity index (χ1n) is 18.7. The van der Waals surface area contributed by atoms with Crippen molar-refractivity contribution in [1.82, 2.24) is 35.1 Å². The van der Waals surface area contributed by atoms with Crippen LogP contribution in [0.3, 0.4) is 0 Å². The largest absolute Gasteiger partial charge is 0.480 e. The minimum atomic E-state index is -1.11. The van der Waals surface area contributed by atoms with Crippen molar-refractivity contribution in [2.75, 3.05) is 96.7 Å². The van der Waals surface area contributed by atoms with Crippen LogP contribution in [0.5, 0.6) is 0 Å². The fourth-order valence-electron chi connectivity index (χ4n) is 7.31. The Balaban J connectivity index is 1.35. The molecule has 3 saturated heterocycles. The molecule has 310 valence electrons. The molecule has 4 atom stereocenters. The molecule has 0 aliphatic carbocycles. The van der Waals surface area contributed by atoms with Crippen LogP contribution in [-0.2, 0) is 35.2 Å². The number of fused-ring (bicyclic) bond motifs is 1. The Morgan fingerprint density at radius 1 is 0.786 bits per heavy atom. The number of carbonyl (C=O) groups is 7. The number of likely N-dealkylation sites (N-methyl/N-ethyl adjacent to an activating group) is 1. The molecule has 0 bridgehead atoms. The molecule has 1 aromatic rings. The third-order valence-corrected chi connectivity index (χ3v) is 11.7. The zero-order valence-corrected chi connectivity index (χ0v) is 32.5. The number of carboxylic acids is 4. The predicted octanol–water partition coefficient (Wildman–Crippen LogP) is -0.720. The zero-order valence-electron chi connectivity index (χ0n) is 31.6. The number of aliphatic carboxylic acids is 4. The molecule has 3 heterocycles. The van der Waals surface area contributed by atoms with Gasteiger partial charge in [-0.1, -0.05) is 18.6 Å². The second kappa shape index (κ2) is 21.7. The van der Waals surface area contributed by atoms with E-state index in [2.05, 4.69) is 16.0 Å². The number of carbonyl (C=O) groups excluding carboxylic acids is 3. The Hall–Kier alpha value is -4.50. The fourth-order valence-corrected chi connectivity index (χ4v) is 8.86. The van der Waals surface area contributed by atoms with E-state index in [1.807, 2.05) is 11.8 Å². The van der Waals surface area contributed by atoms with Crippen molar-refractivity contribution in [2.24, 2.45) is 0 Å². The van der Waals surface area contributed by atoms with Gasteiger partial charge in [-0.2, -0.15) is 11.8 Å². The lowest BCUT2D eigenvalue weighted by atomic mass is 10.0. The molecule has 3 aliphatic heterocycles. The van der Waals surface area contributed by atoms with Gasteiger partial charge in [0.25, 0.3) is 0 Å². The maximum atomic E-state index is 12.9. The number of thioether (sulfide) groups is 1. The highest BCUT2D eigenvalue weighted by Gasteiger charge is 2.42. The van der Waals surface area contributed by atoms with Gasteiger partial charge < -0.3 is 41.3 Å². The van der Waals surface area contributed by atoms with Gasteiger partial charge in [-0.25, -0.2) is 4.79 Å². The van der Waals surface area contributed by atoms with Gasteiger partial charge in [0.15, 0.2) is 0 Å². The number of nitrogens with one attached hydrogen (secondary N) is 3. The minimum absolute atomic E-state index is 0.118. The molecule has 56 heavy (non-hydrogen) atoms. The third kappa shape index (κ3) is 14.9. The topological polar surface area (TPSA) is 253 Å². The van der Waals surface area contributed by atoms with Crippen LogP contribution in [0.1, 0.15) is 31.2 Å². The lowest BCUT2D eigenvalue weighted by Crippen LogP contribution is -2.53. The van der Waals surface area contributed by atoms with Gasteiger partial charge >= 0.3 is 29.9 Å². The number of anilines is 1. The smallest absolute Gasteiger partial charge is 0.317 e. The highest BCUT2D eigenvalue weighted by molar-refractivity contribution is 8.00. The van der Waals surface area contributed by atoms with Crippen molar-refractivity contribution in [3.63, 3.8) is 0 Å². The summed E-state index contributed by atoms with van der Waals surface area (Å²) in [5, 5.41) is 47.5. The van der Waals surface area contributed by atoms with Crippen molar-refractivity contribution < 1.29 is 54.0 Å². The van der Waals surface area contributed by atoms with Gasteiger partial charge in [0.1, 0.15) is 0 Å². The Kier molecular flexibility index (Phi) is 17.1. The maximum Gasteiger partial charge on any atom is 0.317 e. The standard InChI is InChI=1S/C36H54N8O11S/c1-40(30(46)5-3-2-4-28-35-27(23-56-28)38-36(55)39-35)18-29(45)37-25-8-6-24(7-9-25)16-26-17-43(21-33(51)52)13-12-41(19-31(47)48)10-11-42(20-32(49)50)14-15-44(26)22-34(53)54/h6-9,26-28,35H,2-5,10-23H2,1H3,(H,37,45)(H,47,48)(H,49,50)(H,51,52)(H,53,54)(H2,38,39,55). The molecule has 7 N–H and O–H groups in total. The molecule has 0 saturated carbocycles. The van der Waals surface area contributed by atoms with Crippen LogP contribution in [0.15, 0.2) is 24.3 Å². The second-order valence-electron chi connectivity index (χ2n) is 14.6. The SMILES string of the molecule is CN(CC(=O)Nc1ccc(CC2CN(CC(=O)O)CCN(CC(=O)O)CCN(CC(=O)O)CCN2CC(=O)O)cc1)C(=O)CCCCC1SCC2NC(=O)NC21. The first-order valence-corrected chi connectivity index (χ1v) is 19.8. The summed E-state index contributed by atoms with van der Waals surface area (Å²) in [5.41, 5.74) is 1.25. The lowest BCUT2D eigenvalue weighted by molar-refractivity contribution is -0.142. The number of hydrogen-bond acceptors (Lipinski definition) is 12. The van der Waals surface area contributed by atoms with Crippen molar-refractivity contribution in [3.05, 3.63) is 29.8 Å². The number of hydrogen-bond donors (Lipinski definition) is 7.